The molecule has 0 rings (SSSR count). The summed E-state index contributed by atoms with van der Waals surface area (Å²) >= 11 is 0. The summed E-state index contributed by atoms with van der Waals surface area (Å²) in [5, 5.41) is 0. The quantitative estimate of drug-likeness (QED) is 0.0268. The molecule has 2 N–H and O–H groups in total. The molecule has 0 saturated heterocycles. The van der Waals surface area contributed by atoms with Gasteiger partial charge in [0.05, 0.1) is 6.61 Å². The van der Waals surface area contributed by atoms with Gasteiger partial charge in [-0.2, -0.15) is 0 Å². The lowest BCUT2D eigenvalue weighted by molar-refractivity contribution is -0.161. The summed E-state index contributed by atoms with van der Waals surface area (Å²) in [6.45, 7) is 3.74. The number of esters is 2. The standard InChI is InChI=1S/C51H99O8P/c1-3-5-7-9-11-13-15-17-19-21-23-25-27-29-31-33-35-37-39-41-43-45-50(52)57-47-49(48-58-60(54,55)56)59-51(53)46-44-42-40-38-36-34-32-30-28-26-24-22-20-18-16-14-12-10-8-6-4-2/h17,19,49H,3-16,18,20-48H2,1-2H3,(H2,54,55,56)/b19-17+/t49-/m1/s1. The van der Waals surface area contributed by atoms with Crippen LogP contribution in [0, 0.1) is 0 Å². The Morgan fingerprint density at radius 2 is 0.700 bits per heavy atom. The lowest BCUT2D eigenvalue weighted by Gasteiger charge is -2.18. The van der Waals surface area contributed by atoms with Gasteiger partial charge >= 0.3 is 19.8 Å². The molecular formula is C51H99O8P. The van der Waals surface area contributed by atoms with Gasteiger partial charge in [0.2, 0.25) is 0 Å². The normalized spacial score (nSPS) is 12.4. The summed E-state index contributed by atoms with van der Waals surface area (Å²) in [6, 6.07) is 0. The zero-order valence-electron chi connectivity index (χ0n) is 39.6. The van der Waals surface area contributed by atoms with Crippen LogP contribution < -0.4 is 0 Å². The zero-order valence-corrected chi connectivity index (χ0v) is 40.5. The van der Waals surface area contributed by atoms with Crippen LogP contribution in [0.25, 0.3) is 0 Å². The van der Waals surface area contributed by atoms with Crippen LogP contribution in [0.3, 0.4) is 0 Å². The third kappa shape index (κ3) is 49.4. The van der Waals surface area contributed by atoms with E-state index in [1.807, 2.05) is 0 Å². The summed E-state index contributed by atoms with van der Waals surface area (Å²) in [4.78, 5) is 43.1. The maximum Gasteiger partial charge on any atom is 0.469 e. The van der Waals surface area contributed by atoms with Crippen molar-refractivity contribution in [2.45, 2.75) is 290 Å². The number of phosphoric acid groups is 1. The third-order valence-corrected chi connectivity index (χ3v) is 12.3. The summed E-state index contributed by atoms with van der Waals surface area (Å²) < 4.78 is 26.6. The molecule has 0 saturated carbocycles. The van der Waals surface area contributed by atoms with Gasteiger partial charge in [-0.25, -0.2) is 4.57 Å². The van der Waals surface area contributed by atoms with Crippen LogP contribution in [0.1, 0.15) is 284 Å². The van der Waals surface area contributed by atoms with E-state index in [4.69, 9.17) is 19.3 Å². The van der Waals surface area contributed by atoms with Gasteiger partial charge in [-0.05, 0) is 38.5 Å². The van der Waals surface area contributed by atoms with Crippen molar-refractivity contribution in [2.75, 3.05) is 13.2 Å². The first kappa shape index (κ1) is 58.8. The van der Waals surface area contributed by atoms with Crippen molar-refractivity contribution in [2.24, 2.45) is 0 Å². The molecule has 356 valence electrons. The topological polar surface area (TPSA) is 119 Å². The molecule has 0 aromatic rings. The SMILES string of the molecule is CCCCCCCC/C=C/CCCCCCCCCCCCCC(=O)OC[C@H](COP(=O)(O)O)OC(=O)CCCCCCCCCCCCCCCCCCCCCCC. The van der Waals surface area contributed by atoms with E-state index in [0.29, 0.717) is 6.42 Å². The van der Waals surface area contributed by atoms with E-state index in [0.717, 1.165) is 32.1 Å². The minimum atomic E-state index is -4.76. The summed E-state index contributed by atoms with van der Waals surface area (Å²) in [5.41, 5.74) is 0. The Hall–Kier alpha value is -1.21. The first-order valence-corrected chi connectivity index (χ1v) is 27.5. The summed E-state index contributed by atoms with van der Waals surface area (Å²) in [7, 11) is -4.76. The van der Waals surface area contributed by atoms with Crippen LogP contribution in [0.15, 0.2) is 12.2 Å². The summed E-state index contributed by atoms with van der Waals surface area (Å²) in [5.74, 6) is -0.866. The minimum absolute atomic E-state index is 0.219. The number of carbonyl (C=O) groups is 2. The Morgan fingerprint density at radius 3 is 1.02 bits per heavy atom. The fourth-order valence-electron chi connectivity index (χ4n) is 7.90. The average molecular weight is 871 g/mol. The van der Waals surface area contributed by atoms with Gasteiger partial charge in [-0.15, -0.1) is 0 Å². The number of phosphoric ester groups is 1. The Balaban J connectivity index is 3.77. The minimum Gasteiger partial charge on any atom is -0.462 e. The molecule has 8 nitrogen and oxygen atoms in total. The molecule has 1 atom stereocenters. The highest BCUT2D eigenvalue weighted by molar-refractivity contribution is 7.46. The Bertz CT molecular complexity index is 982. The van der Waals surface area contributed by atoms with Gasteiger partial charge in [0.25, 0.3) is 0 Å². The maximum atomic E-state index is 12.5. The van der Waals surface area contributed by atoms with Crippen molar-refractivity contribution in [3.05, 3.63) is 12.2 Å². The molecule has 0 aliphatic heterocycles. The van der Waals surface area contributed by atoms with Crippen LogP contribution in [0.4, 0.5) is 0 Å². The van der Waals surface area contributed by atoms with Gasteiger partial charge in [0.1, 0.15) is 6.61 Å². The van der Waals surface area contributed by atoms with Gasteiger partial charge < -0.3 is 19.3 Å². The van der Waals surface area contributed by atoms with Crippen molar-refractivity contribution in [1.29, 1.82) is 0 Å². The first-order chi connectivity index (χ1) is 29.3. The lowest BCUT2D eigenvalue weighted by atomic mass is 10.0. The molecule has 0 radical (unpaired) electrons. The van der Waals surface area contributed by atoms with Crippen LogP contribution in [-0.4, -0.2) is 41.0 Å². The number of hydrogen-bond donors (Lipinski definition) is 2. The number of hydrogen-bond acceptors (Lipinski definition) is 6. The third-order valence-electron chi connectivity index (χ3n) is 11.8. The maximum absolute atomic E-state index is 12.5. The number of rotatable bonds is 49. The van der Waals surface area contributed by atoms with E-state index in [-0.39, 0.29) is 19.4 Å². The van der Waals surface area contributed by atoms with Crippen molar-refractivity contribution in [3.8, 4) is 0 Å². The zero-order chi connectivity index (χ0) is 43.9. The molecule has 60 heavy (non-hydrogen) atoms. The number of carbonyl (C=O) groups excluding carboxylic acids is 2. The predicted octanol–water partition coefficient (Wildman–Crippen LogP) is 16.5. The van der Waals surface area contributed by atoms with Crippen LogP contribution in [-0.2, 0) is 28.2 Å². The van der Waals surface area contributed by atoms with E-state index in [2.05, 4.69) is 30.5 Å². The fourth-order valence-corrected chi connectivity index (χ4v) is 8.26. The Morgan fingerprint density at radius 1 is 0.417 bits per heavy atom. The molecule has 9 heteroatoms. The van der Waals surface area contributed by atoms with Crippen LogP contribution >= 0.6 is 7.82 Å². The van der Waals surface area contributed by atoms with Gasteiger partial charge in [-0.3, -0.25) is 14.1 Å². The number of allylic oxidation sites excluding steroid dienone is 2. The van der Waals surface area contributed by atoms with E-state index >= 15 is 0 Å². The molecule has 0 aliphatic carbocycles. The average Bonchev–Trinajstić information content (AvgIpc) is 3.22. The molecule has 0 aliphatic rings. The molecule has 0 aromatic heterocycles. The monoisotopic (exact) mass is 871 g/mol. The fraction of sp³-hybridized carbons (Fsp3) is 0.922. The summed E-state index contributed by atoms with van der Waals surface area (Å²) in [6.07, 6.45) is 55.2. The highest BCUT2D eigenvalue weighted by Gasteiger charge is 2.23. The predicted molar refractivity (Wildman–Crippen MR) is 253 cm³/mol. The van der Waals surface area contributed by atoms with Crippen LogP contribution in [0.2, 0.25) is 0 Å². The first-order valence-electron chi connectivity index (χ1n) is 26.0. The molecule has 0 aromatic carbocycles. The molecule has 0 fully saturated rings. The van der Waals surface area contributed by atoms with E-state index in [1.54, 1.807) is 0 Å². The largest absolute Gasteiger partial charge is 0.469 e. The second-order valence-electron chi connectivity index (χ2n) is 17.9. The smallest absolute Gasteiger partial charge is 0.462 e. The van der Waals surface area contributed by atoms with E-state index < -0.39 is 32.5 Å². The molecule has 0 spiro atoms. The highest BCUT2D eigenvalue weighted by Crippen LogP contribution is 2.36. The van der Waals surface area contributed by atoms with E-state index in [9.17, 15) is 14.2 Å². The van der Waals surface area contributed by atoms with Crippen molar-refractivity contribution in [3.63, 3.8) is 0 Å². The highest BCUT2D eigenvalue weighted by atomic mass is 31.2. The van der Waals surface area contributed by atoms with Gasteiger partial charge in [0.15, 0.2) is 6.10 Å². The number of unbranched alkanes of at least 4 members (excludes halogenated alkanes) is 37. The van der Waals surface area contributed by atoms with E-state index in [1.165, 1.54) is 218 Å². The molecule has 0 bridgehead atoms. The second kappa shape index (κ2) is 47.3. The molecular weight excluding hydrogens is 772 g/mol. The Labute approximate surface area is 371 Å². The van der Waals surface area contributed by atoms with Crippen molar-refractivity contribution >= 4 is 19.8 Å². The lowest BCUT2D eigenvalue weighted by Crippen LogP contribution is -2.29. The molecule has 0 heterocycles. The Kier molecular flexibility index (Phi) is 46.3. The van der Waals surface area contributed by atoms with Crippen molar-refractivity contribution in [1.82, 2.24) is 0 Å². The molecule has 0 unspecified atom stereocenters. The van der Waals surface area contributed by atoms with Crippen LogP contribution in [0.5, 0.6) is 0 Å². The van der Waals surface area contributed by atoms with Gasteiger partial charge in [-0.1, -0.05) is 244 Å². The van der Waals surface area contributed by atoms with Crippen molar-refractivity contribution < 1.29 is 37.9 Å². The molecule has 0 amide bonds. The number of ether oxygens (including phenoxy) is 2. The second-order valence-corrected chi connectivity index (χ2v) is 19.1. The van der Waals surface area contributed by atoms with Gasteiger partial charge in [0, 0.05) is 12.8 Å².